The number of nitrogens with zero attached hydrogens (tertiary/aromatic N) is 1. The first-order chi connectivity index (χ1) is 13.1. The van der Waals surface area contributed by atoms with E-state index >= 15 is 0 Å². The van der Waals surface area contributed by atoms with Crippen molar-refractivity contribution in [2.24, 2.45) is 0 Å². The molecule has 0 fully saturated rings. The molecular weight excluding hydrogens is 346 g/mol. The highest BCUT2D eigenvalue weighted by Gasteiger charge is 2.15. The lowest BCUT2D eigenvalue weighted by atomic mass is 10.2. The Morgan fingerprint density at radius 2 is 1.81 bits per heavy atom. The van der Waals surface area contributed by atoms with Gasteiger partial charge in [0, 0.05) is 17.0 Å². The molecule has 0 radical (unpaired) electrons. The third-order valence-corrected chi connectivity index (χ3v) is 4.35. The third kappa shape index (κ3) is 2.97. The van der Waals surface area contributed by atoms with Crippen molar-refractivity contribution in [3.63, 3.8) is 0 Å². The van der Waals surface area contributed by atoms with Crippen molar-refractivity contribution in [3.05, 3.63) is 48.8 Å². The number of para-hydroxylation sites is 2. The molecular formula is C20H21N3O4. The average Bonchev–Trinajstić information content (AvgIpc) is 3.18. The molecule has 7 nitrogen and oxygen atoms in total. The van der Waals surface area contributed by atoms with Crippen LogP contribution >= 0.6 is 0 Å². The summed E-state index contributed by atoms with van der Waals surface area (Å²) in [4.78, 5) is 3.02. The molecule has 1 atom stereocenters. The summed E-state index contributed by atoms with van der Waals surface area (Å²) in [5.41, 5.74) is 4.66. The molecule has 0 aliphatic rings. The second-order valence-corrected chi connectivity index (χ2v) is 6.21. The number of hydrogen-bond donors (Lipinski definition) is 4. The van der Waals surface area contributed by atoms with E-state index in [9.17, 15) is 10.2 Å². The van der Waals surface area contributed by atoms with E-state index in [2.05, 4.69) is 10.4 Å². The Hall–Kier alpha value is -3.48. The lowest BCUT2D eigenvalue weighted by Crippen LogP contribution is -2.29. The fourth-order valence-electron chi connectivity index (χ4n) is 3.23. The van der Waals surface area contributed by atoms with Gasteiger partial charge in [0.1, 0.15) is 28.5 Å². The summed E-state index contributed by atoms with van der Waals surface area (Å²) in [6.45, 7) is 4.29. The quantitative estimate of drug-likeness (QED) is 0.388. The highest BCUT2D eigenvalue weighted by Crippen LogP contribution is 2.34. The summed E-state index contributed by atoms with van der Waals surface area (Å²) >= 11 is 0. The van der Waals surface area contributed by atoms with E-state index in [1.54, 1.807) is 10.9 Å². The fourth-order valence-corrected chi connectivity index (χ4v) is 3.23. The molecule has 0 spiro atoms. The summed E-state index contributed by atoms with van der Waals surface area (Å²) in [7, 11) is 0. The van der Waals surface area contributed by atoms with Gasteiger partial charge in [-0.1, -0.05) is 12.1 Å². The van der Waals surface area contributed by atoms with Gasteiger partial charge in [-0.25, -0.2) is 0 Å². The van der Waals surface area contributed by atoms with Crippen LogP contribution in [0.2, 0.25) is 0 Å². The van der Waals surface area contributed by atoms with Crippen molar-refractivity contribution in [1.29, 1.82) is 0 Å². The number of nitrogens with one attached hydrogen (secondary N) is 2. The number of benzene rings is 2. The van der Waals surface area contributed by atoms with Crippen LogP contribution in [0.25, 0.3) is 21.8 Å². The summed E-state index contributed by atoms with van der Waals surface area (Å²) in [6, 6.07) is 11.0. The topological polar surface area (TPSA) is 91.7 Å². The molecule has 0 saturated heterocycles. The highest BCUT2D eigenvalue weighted by molar-refractivity contribution is 5.92. The first kappa shape index (κ1) is 17.0. The van der Waals surface area contributed by atoms with E-state index < -0.39 is 6.23 Å². The molecule has 2 aromatic carbocycles. The van der Waals surface area contributed by atoms with Crippen LogP contribution in [0, 0.1) is 0 Å². The molecule has 0 bridgehead atoms. The van der Waals surface area contributed by atoms with E-state index in [1.165, 1.54) is 6.20 Å². The van der Waals surface area contributed by atoms with Crippen molar-refractivity contribution in [3.8, 4) is 23.0 Å². The molecule has 7 heteroatoms. The van der Waals surface area contributed by atoms with Crippen molar-refractivity contribution in [2.75, 3.05) is 12.0 Å². The maximum Gasteiger partial charge on any atom is 0.180 e. The van der Waals surface area contributed by atoms with E-state index in [0.29, 0.717) is 28.9 Å². The van der Waals surface area contributed by atoms with Crippen LogP contribution < -0.4 is 14.9 Å². The smallest absolute Gasteiger partial charge is 0.180 e. The van der Waals surface area contributed by atoms with E-state index in [0.717, 1.165) is 11.0 Å². The second-order valence-electron chi connectivity index (χ2n) is 6.21. The van der Waals surface area contributed by atoms with Gasteiger partial charge in [0.15, 0.2) is 6.23 Å². The van der Waals surface area contributed by atoms with Crippen molar-refractivity contribution >= 4 is 21.8 Å². The van der Waals surface area contributed by atoms with Crippen LogP contribution in [-0.2, 0) is 0 Å². The summed E-state index contributed by atoms with van der Waals surface area (Å²) in [5, 5.41) is 21.5. The zero-order valence-electron chi connectivity index (χ0n) is 15.1. The molecule has 4 rings (SSSR count). The Balaban J connectivity index is 1.64. The summed E-state index contributed by atoms with van der Waals surface area (Å²) in [5.74, 6) is 1.62. The first-order valence-electron chi connectivity index (χ1n) is 8.76. The predicted octanol–water partition coefficient (Wildman–Crippen LogP) is 3.90. The Morgan fingerprint density at radius 1 is 1.07 bits per heavy atom. The zero-order valence-corrected chi connectivity index (χ0v) is 15.1. The number of ether oxygens (including phenoxy) is 2. The Kier molecular flexibility index (Phi) is 4.19. The van der Waals surface area contributed by atoms with Gasteiger partial charge in [0.25, 0.3) is 0 Å². The molecule has 0 aliphatic heterocycles. The lowest BCUT2D eigenvalue weighted by Gasteiger charge is -2.20. The number of aromatic hydroxyl groups is 2. The van der Waals surface area contributed by atoms with Gasteiger partial charge >= 0.3 is 0 Å². The predicted molar refractivity (Wildman–Crippen MR) is 104 cm³/mol. The van der Waals surface area contributed by atoms with Gasteiger partial charge in [-0.15, -0.1) is 0 Å². The van der Waals surface area contributed by atoms with Crippen molar-refractivity contribution in [1.82, 2.24) is 9.66 Å². The monoisotopic (exact) mass is 367 g/mol. The average molecular weight is 367 g/mol. The SMILES string of the molecule is CCOc1cccc2c(O)cn(NC(C)Oc3cccc4c(O)c[nH]c34)c12. The third-order valence-electron chi connectivity index (χ3n) is 4.35. The van der Waals surface area contributed by atoms with E-state index in [4.69, 9.17) is 9.47 Å². The standard InChI is InChI=1S/C20H21N3O4/c1-3-26-18-9-5-7-14-16(25)11-23(20(14)18)22-12(2)27-17-8-4-6-13-15(24)10-21-19(13)17/h4-12,21-22,24-25H,3H2,1-2H3. The normalized spacial score (nSPS) is 12.4. The largest absolute Gasteiger partial charge is 0.506 e. The Morgan fingerprint density at radius 3 is 2.59 bits per heavy atom. The van der Waals surface area contributed by atoms with Crippen LogP contribution in [0.3, 0.4) is 0 Å². The van der Waals surface area contributed by atoms with Crippen molar-refractivity contribution in [2.45, 2.75) is 20.1 Å². The number of aromatic nitrogens is 2. The van der Waals surface area contributed by atoms with Crippen LogP contribution in [0.1, 0.15) is 13.8 Å². The summed E-state index contributed by atoms with van der Waals surface area (Å²) < 4.78 is 13.4. The number of hydrogen-bond acceptors (Lipinski definition) is 5. The Labute approximate surface area is 155 Å². The van der Waals surface area contributed by atoms with Crippen LogP contribution in [0.4, 0.5) is 0 Å². The number of fused-ring (bicyclic) bond motifs is 2. The van der Waals surface area contributed by atoms with Gasteiger partial charge in [-0.2, -0.15) is 0 Å². The molecule has 0 saturated carbocycles. The molecule has 1 unspecified atom stereocenters. The minimum atomic E-state index is -0.425. The molecule has 2 heterocycles. The minimum Gasteiger partial charge on any atom is -0.506 e. The fraction of sp³-hybridized carbons (Fsp3) is 0.200. The number of aromatic amines is 1. The van der Waals surface area contributed by atoms with Crippen LogP contribution in [-0.4, -0.2) is 32.7 Å². The van der Waals surface area contributed by atoms with E-state index in [-0.39, 0.29) is 11.5 Å². The highest BCUT2D eigenvalue weighted by atomic mass is 16.5. The zero-order chi connectivity index (χ0) is 19.0. The first-order valence-corrected chi connectivity index (χ1v) is 8.76. The molecule has 2 aromatic heterocycles. The van der Waals surface area contributed by atoms with Crippen molar-refractivity contribution < 1.29 is 19.7 Å². The van der Waals surface area contributed by atoms with Gasteiger partial charge in [0.05, 0.1) is 18.3 Å². The Bertz CT molecular complexity index is 1100. The molecule has 27 heavy (non-hydrogen) atoms. The second kappa shape index (κ2) is 6.68. The minimum absolute atomic E-state index is 0.155. The maximum absolute atomic E-state index is 10.2. The lowest BCUT2D eigenvalue weighted by molar-refractivity contribution is 0.237. The van der Waals surface area contributed by atoms with Gasteiger partial charge in [-0.3, -0.25) is 10.1 Å². The molecule has 140 valence electrons. The van der Waals surface area contributed by atoms with Crippen LogP contribution in [0.5, 0.6) is 23.0 Å². The molecule has 0 amide bonds. The van der Waals surface area contributed by atoms with Gasteiger partial charge in [-0.05, 0) is 38.1 Å². The molecule has 4 aromatic rings. The molecule has 0 aliphatic carbocycles. The van der Waals surface area contributed by atoms with E-state index in [1.807, 2.05) is 50.2 Å². The van der Waals surface area contributed by atoms with Crippen LogP contribution in [0.15, 0.2) is 48.8 Å². The number of rotatable bonds is 6. The molecule has 4 N–H and O–H groups in total. The summed E-state index contributed by atoms with van der Waals surface area (Å²) in [6.07, 6.45) is 2.70. The maximum atomic E-state index is 10.2. The van der Waals surface area contributed by atoms with Gasteiger partial charge < -0.3 is 24.7 Å². The van der Waals surface area contributed by atoms with Gasteiger partial charge in [0.2, 0.25) is 0 Å². The number of H-pyrrole nitrogens is 1.